The highest BCUT2D eigenvalue weighted by molar-refractivity contribution is 5.75. The van der Waals surface area contributed by atoms with E-state index >= 15 is 0 Å². The summed E-state index contributed by atoms with van der Waals surface area (Å²) in [6, 6.07) is 6.26. The number of fused-ring (bicyclic) bond motifs is 1. The van der Waals surface area contributed by atoms with E-state index in [4.69, 9.17) is 0 Å². The maximum atomic E-state index is 4.31. The van der Waals surface area contributed by atoms with Crippen molar-refractivity contribution in [3.05, 3.63) is 30.1 Å². The van der Waals surface area contributed by atoms with E-state index in [1.807, 2.05) is 12.3 Å². The Bertz CT molecular complexity index is 393. The number of aromatic amines is 1. The average molecular weight is 172 g/mol. The molecule has 1 fully saturated rings. The Labute approximate surface area is 77.0 Å². The van der Waals surface area contributed by atoms with E-state index in [1.165, 1.54) is 30.5 Å². The molecule has 0 atom stereocenters. The molecule has 2 nitrogen and oxygen atoms in total. The molecule has 3 rings (SSSR count). The van der Waals surface area contributed by atoms with Crippen LogP contribution in [0.5, 0.6) is 0 Å². The second-order valence-corrected chi connectivity index (χ2v) is 3.79. The van der Waals surface area contributed by atoms with E-state index in [0.717, 1.165) is 11.4 Å². The van der Waals surface area contributed by atoms with Crippen LogP contribution in [0, 0.1) is 0 Å². The molecule has 0 amide bonds. The lowest BCUT2D eigenvalue weighted by atomic mass is 9.83. The molecule has 1 N–H and O–H groups in total. The zero-order valence-corrected chi connectivity index (χ0v) is 7.46. The largest absolute Gasteiger partial charge is 0.357 e. The van der Waals surface area contributed by atoms with E-state index in [0.29, 0.717) is 0 Å². The first-order chi connectivity index (χ1) is 6.43. The Morgan fingerprint density at radius 1 is 1.38 bits per heavy atom. The normalized spacial score (nSPS) is 17.5. The number of hydrogen-bond acceptors (Lipinski definition) is 1. The number of nitrogens with one attached hydrogen (secondary N) is 1. The maximum absolute atomic E-state index is 4.31. The van der Waals surface area contributed by atoms with Crippen molar-refractivity contribution in [2.75, 3.05) is 0 Å². The van der Waals surface area contributed by atoms with Gasteiger partial charge in [0.05, 0.1) is 11.0 Å². The molecule has 13 heavy (non-hydrogen) atoms. The van der Waals surface area contributed by atoms with Crippen LogP contribution < -0.4 is 0 Å². The predicted octanol–water partition coefficient (Wildman–Crippen LogP) is 2.83. The van der Waals surface area contributed by atoms with Gasteiger partial charge >= 0.3 is 0 Å². The minimum absolute atomic E-state index is 0.772. The first-order valence-corrected chi connectivity index (χ1v) is 4.87. The van der Waals surface area contributed by atoms with Gasteiger partial charge in [-0.25, -0.2) is 0 Å². The van der Waals surface area contributed by atoms with Crippen LogP contribution in [0.25, 0.3) is 11.0 Å². The lowest BCUT2D eigenvalue weighted by molar-refractivity contribution is 0.413. The molecule has 0 aliphatic heterocycles. The van der Waals surface area contributed by atoms with Crippen molar-refractivity contribution in [3.8, 4) is 0 Å². The summed E-state index contributed by atoms with van der Waals surface area (Å²) in [7, 11) is 0. The zero-order valence-electron chi connectivity index (χ0n) is 7.46. The second kappa shape index (κ2) is 2.59. The molecule has 1 saturated carbocycles. The van der Waals surface area contributed by atoms with Gasteiger partial charge < -0.3 is 4.98 Å². The summed E-state index contributed by atoms with van der Waals surface area (Å²) < 4.78 is 0. The molecule has 0 bridgehead atoms. The fraction of sp³-hybridized carbons (Fsp3) is 0.364. The molecule has 0 radical (unpaired) electrons. The molecular formula is C11H12N2. The highest BCUT2D eigenvalue weighted by Gasteiger charge is 2.20. The van der Waals surface area contributed by atoms with E-state index in [1.54, 1.807) is 0 Å². The van der Waals surface area contributed by atoms with Crippen LogP contribution in [0.4, 0.5) is 0 Å². The summed E-state index contributed by atoms with van der Waals surface area (Å²) in [5.74, 6) is 0.772. The maximum Gasteiger partial charge on any atom is 0.0881 e. The molecule has 1 aliphatic rings. The first kappa shape index (κ1) is 7.13. The minimum Gasteiger partial charge on any atom is -0.357 e. The standard InChI is InChI=1S/C11H12N2/c1-3-8(4-1)10-7-11-9(13-10)5-2-6-12-11/h2,5-8,13H,1,3-4H2. The van der Waals surface area contributed by atoms with Crippen molar-refractivity contribution in [1.82, 2.24) is 9.97 Å². The van der Waals surface area contributed by atoms with Crippen molar-refractivity contribution in [3.63, 3.8) is 0 Å². The van der Waals surface area contributed by atoms with Gasteiger partial charge in [0.25, 0.3) is 0 Å². The van der Waals surface area contributed by atoms with Gasteiger partial charge in [0.1, 0.15) is 0 Å². The molecule has 0 saturated heterocycles. The summed E-state index contributed by atoms with van der Waals surface area (Å²) in [6.45, 7) is 0. The van der Waals surface area contributed by atoms with Gasteiger partial charge in [0.15, 0.2) is 0 Å². The van der Waals surface area contributed by atoms with Gasteiger partial charge in [-0.05, 0) is 37.0 Å². The van der Waals surface area contributed by atoms with Crippen LogP contribution in [0.15, 0.2) is 24.4 Å². The van der Waals surface area contributed by atoms with Crippen LogP contribution in [-0.2, 0) is 0 Å². The van der Waals surface area contributed by atoms with Crippen LogP contribution in [0.3, 0.4) is 0 Å². The average Bonchev–Trinajstić information content (AvgIpc) is 2.43. The smallest absolute Gasteiger partial charge is 0.0881 e. The van der Waals surface area contributed by atoms with E-state index in [2.05, 4.69) is 22.1 Å². The second-order valence-electron chi connectivity index (χ2n) is 3.79. The zero-order chi connectivity index (χ0) is 8.67. The van der Waals surface area contributed by atoms with Gasteiger partial charge in [0.2, 0.25) is 0 Å². The van der Waals surface area contributed by atoms with Crippen molar-refractivity contribution in [2.24, 2.45) is 0 Å². The highest BCUT2D eigenvalue weighted by atomic mass is 14.8. The highest BCUT2D eigenvalue weighted by Crippen LogP contribution is 2.36. The number of hydrogen-bond donors (Lipinski definition) is 1. The molecule has 2 heterocycles. The van der Waals surface area contributed by atoms with Crippen LogP contribution >= 0.6 is 0 Å². The van der Waals surface area contributed by atoms with Gasteiger partial charge in [-0.15, -0.1) is 0 Å². The molecule has 2 heteroatoms. The molecule has 1 aliphatic carbocycles. The fourth-order valence-corrected chi connectivity index (χ4v) is 1.92. The lowest BCUT2D eigenvalue weighted by Crippen LogP contribution is -2.08. The molecule has 0 unspecified atom stereocenters. The van der Waals surface area contributed by atoms with Crippen LogP contribution in [0.2, 0.25) is 0 Å². The quantitative estimate of drug-likeness (QED) is 0.704. The topological polar surface area (TPSA) is 28.7 Å². The number of aromatic nitrogens is 2. The van der Waals surface area contributed by atoms with Gasteiger partial charge in [-0.1, -0.05) is 6.42 Å². The first-order valence-electron chi connectivity index (χ1n) is 4.87. The number of H-pyrrole nitrogens is 1. The molecular weight excluding hydrogens is 160 g/mol. The number of pyridine rings is 1. The monoisotopic (exact) mass is 172 g/mol. The molecule has 66 valence electrons. The Balaban J connectivity index is 2.10. The number of rotatable bonds is 1. The van der Waals surface area contributed by atoms with Crippen molar-refractivity contribution < 1.29 is 0 Å². The third-order valence-electron chi connectivity index (χ3n) is 2.95. The van der Waals surface area contributed by atoms with Crippen molar-refractivity contribution in [2.45, 2.75) is 25.2 Å². The summed E-state index contributed by atoms with van der Waals surface area (Å²) in [6.07, 6.45) is 5.91. The summed E-state index contributed by atoms with van der Waals surface area (Å²) in [5.41, 5.74) is 3.65. The number of nitrogens with zero attached hydrogens (tertiary/aromatic N) is 1. The lowest BCUT2D eigenvalue weighted by Gasteiger charge is -2.23. The van der Waals surface area contributed by atoms with Gasteiger partial charge in [0, 0.05) is 11.9 Å². The third kappa shape index (κ3) is 1.05. The van der Waals surface area contributed by atoms with Gasteiger partial charge in [-0.3, -0.25) is 4.98 Å². The van der Waals surface area contributed by atoms with Gasteiger partial charge in [-0.2, -0.15) is 0 Å². The van der Waals surface area contributed by atoms with Crippen LogP contribution in [-0.4, -0.2) is 9.97 Å². The Kier molecular flexibility index (Phi) is 1.42. The molecule has 2 aromatic rings. The molecule has 0 spiro atoms. The van der Waals surface area contributed by atoms with E-state index in [9.17, 15) is 0 Å². The van der Waals surface area contributed by atoms with Crippen molar-refractivity contribution in [1.29, 1.82) is 0 Å². The fourth-order valence-electron chi connectivity index (χ4n) is 1.92. The Morgan fingerprint density at radius 3 is 3.00 bits per heavy atom. The third-order valence-corrected chi connectivity index (χ3v) is 2.95. The summed E-state index contributed by atoms with van der Waals surface area (Å²) >= 11 is 0. The molecule has 2 aromatic heterocycles. The summed E-state index contributed by atoms with van der Waals surface area (Å²) in [5, 5.41) is 0. The SMILES string of the molecule is c1cnc2cc(C3CCC3)[nH]c2c1. The Hall–Kier alpha value is -1.31. The predicted molar refractivity (Wildman–Crippen MR) is 52.7 cm³/mol. The molecule has 0 aromatic carbocycles. The van der Waals surface area contributed by atoms with Crippen molar-refractivity contribution >= 4 is 11.0 Å². The summed E-state index contributed by atoms with van der Waals surface area (Å²) in [4.78, 5) is 7.75. The van der Waals surface area contributed by atoms with Crippen LogP contribution in [0.1, 0.15) is 30.9 Å². The van der Waals surface area contributed by atoms with E-state index < -0.39 is 0 Å². The minimum atomic E-state index is 0.772. The Morgan fingerprint density at radius 2 is 2.31 bits per heavy atom. The van der Waals surface area contributed by atoms with E-state index in [-0.39, 0.29) is 0 Å².